The van der Waals surface area contributed by atoms with Gasteiger partial charge in [-0.25, -0.2) is 0 Å². The molecule has 0 aromatic carbocycles. The normalized spacial score (nSPS) is 32.3. The van der Waals surface area contributed by atoms with Gasteiger partial charge in [-0.2, -0.15) is 11.8 Å². The molecule has 3 rings (SSSR count). The quantitative estimate of drug-likeness (QED) is 0.605. The third-order valence-electron chi connectivity index (χ3n) is 5.36. The molecule has 0 bridgehead atoms. The summed E-state index contributed by atoms with van der Waals surface area (Å²) in [5.41, 5.74) is 5.83. The van der Waals surface area contributed by atoms with Gasteiger partial charge in [0, 0.05) is 18.6 Å². The van der Waals surface area contributed by atoms with E-state index in [1.807, 2.05) is 0 Å². The number of thioether (sulfide) groups is 1. The first-order chi connectivity index (χ1) is 9.69. The van der Waals surface area contributed by atoms with Crippen molar-refractivity contribution in [1.29, 1.82) is 5.41 Å². The van der Waals surface area contributed by atoms with Gasteiger partial charge in [-0.3, -0.25) is 5.41 Å². The smallest absolute Gasteiger partial charge is 0.0937 e. The number of amidine groups is 1. The van der Waals surface area contributed by atoms with Crippen molar-refractivity contribution in [2.75, 3.05) is 31.2 Å². The average molecular weight is 297 g/mol. The molecule has 3 aliphatic heterocycles. The molecule has 3 aliphatic rings. The second-order valence-corrected chi connectivity index (χ2v) is 7.78. The summed E-state index contributed by atoms with van der Waals surface area (Å²) in [6, 6.07) is 0.694. The first-order valence-electron chi connectivity index (χ1n) is 7.98. The Morgan fingerprint density at radius 1 is 1.20 bits per heavy atom. The number of nitrogens with zero attached hydrogens (tertiary/aromatic N) is 1. The molecular formula is C15H27N3OS. The first-order valence-corrected chi connectivity index (χ1v) is 9.14. The highest BCUT2D eigenvalue weighted by molar-refractivity contribution is 7.99. The van der Waals surface area contributed by atoms with E-state index in [2.05, 4.69) is 16.7 Å². The van der Waals surface area contributed by atoms with E-state index < -0.39 is 0 Å². The van der Waals surface area contributed by atoms with Crippen molar-refractivity contribution >= 4 is 17.6 Å². The molecule has 1 spiro atoms. The van der Waals surface area contributed by atoms with Crippen molar-refractivity contribution in [3.05, 3.63) is 0 Å². The largest absolute Gasteiger partial charge is 0.387 e. The van der Waals surface area contributed by atoms with Crippen LogP contribution in [-0.4, -0.2) is 53.6 Å². The van der Waals surface area contributed by atoms with Crippen LogP contribution in [0.25, 0.3) is 0 Å². The van der Waals surface area contributed by atoms with Crippen molar-refractivity contribution in [1.82, 2.24) is 4.90 Å². The second kappa shape index (κ2) is 6.24. The van der Waals surface area contributed by atoms with Crippen LogP contribution >= 0.6 is 11.8 Å². The molecule has 0 amide bonds. The third-order valence-corrected chi connectivity index (χ3v) is 6.34. The molecule has 3 heterocycles. The van der Waals surface area contributed by atoms with Crippen LogP contribution in [0.3, 0.4) is 0 Å². The van der Waals surface area contributed by atoms with Gasteiger partial charge < -0.3 is 15.4 Å². The van der Waals surface area contributed by atoms with E-state index in [0.717, 1.165) is 32.5 Å². The summed E-state index contributed by atoms with van der Waals surface area (Å²) in [6.07, 6.45) is 7.00. The molecule has 5 heteroatoms. The molecule has 3 fully saturated rings. The fourth-order valence-electron chi connectivity index (χ4n) is 3.98. The Kier molecular flexibility index (Phi) is 4.58. The van der Waals surface area contributed by atoms with E-state index in [0.29, 0.717) is 17.8 Å². The predicted octanol–water partition coefficient (Wildman–Crippen LogP) is 2.08. The van der Waals surface area contributed by atoms with Gasteiger partial charge in [-0.1, -0.05) is 0 Å². The lowest BCUT2D eigenvalue weighted by molar-refractivity contribution is -0.112. The number of hydrogen-bond acceptors (Lipinski definition) is 4. The lowest BCUT2D eigenvalue weighted by Gasteiger charge is -2.47. The maximum atomic E-state index is 7.59. The summed E-state index contributed by atoms with van der Waals surface area (Å²) < 4.78 is 6.19. The van der Waals surface area contributed by atoms with E-state index in [1.54, 1.807) is 0 Å². The Hall–Kier alpha value is -0.260. The van der Waals surface area contributed by atoms with Gasteiger partial charge in [0.1, 0.15) is 0 Å². The molecule has 0 radical (unpaired) electrons. The van der Waals surface area contributed by atoms with E-state index >= 15 is 0 Å². The van der Waals surface area contributed by atoms with Gasteiger partial charge in [-0.15, -0.1) is 0 Å². The standard InChI is InChI=1S/C15H27N3OS/c16-14(17)12-1-6-18(7-2-12)13-3-8-19-15(11-13)4-9-20-10-5-15/h12-13H,1-11H2,(H3,16,17). The maximum Gasteiger partial charge on any atom is 0.0937 e. The van der Waals surface area contributed by atoms with Gasteiger partial charge >= 0.3 is 0 Å². The minimum absolute atomic E-state index is 0.186. The zero-order valence-corrected chi connectivity index (χ0v) is 13.1. The Balaban J connectivity index is 1.56. The lowest BCUT2D eigenvalue weighted by Crippen LogP contribution is -2.52. The molecule has 4 nitrogen and oxygen atoms in total. The minimum Gasteiger partial charge on any atom is -0.387 e. The first kappa shape index (κ1) is 14.7. The molecule has 1 unspecified atom stereocenters. The summed E-state index contributed by atoms with van der Waals surface area (Å²) in [6.45, 7) is 3.15. The van der Waals surface area contributed by atoms with Crippen molar-refractivity contribution in [3.63, 3.8) is 0 Å². The molecule has 0 aliphatic carbocycles. The Morgan fingerprint density at radius 3 is 2.55 bits per heavy atom. The Morgan fingerprint density at radius 2 is 1.90 bits per heavy atom. The van der Waals surface area contributed by atoms with E-state index in [4.69, 9.17) is 15.9 Å². The van der Waals surface area contributed by atoms with Gasteiger partial charge in [0.25, 0.3) is 0 Å². The van der Waals surface area contributed by atoms with E-state index in [1.165, 1.54) is 37.2 Å². The van der Waals surface area contributed by atoms with Crippen LogP contribution in [0.2, 0.25) is 0 Å². The van der Waals surface area contributed by atoms with Crippen LogP contribution < -0.4 is 5.73 Å². The van der Waals surface area contributed by atoms with Gasteiger partial charge in [-0.05, 0) is 63.1 Å². The number of likely N-dealkylation sites (tertiary alicyclic amines) is 1. The van der Waals surface area contributed by atoms with Gasteiger partial charge in [0.2, 0.25) is 0 Å². The Labute approximate surface area is 126 Å². The number of ether oxygens (including phenoxy) is 1. The highest BCUT2D eigenvalue weighted by atomic mass is 32.2. The van der Waals surface area contributed by atoms with Crippen molar-refractivity contribution in [2.45, 2.75) is 50.2 Å². The number of hydrogen-bond donors (Lipinski definition) is 2. The molecule has 114 valence electrons. The fraction of sp³-hybridized carbons (Fsp3) is 0.933. The highest BCUT2D eigenvalue weighted by Gasteiger charge is 2.41. The summed E-state index contributed by atoms with van der Waals surface area (Å²) >= 11 is 2.07. The summed E-state index contributed by atoms with van der Waals surface area (Å²) in [5.74, 6) is 3.24. The minimum atomic E-state index is 0.186. The van der Waals surface area contributed by atoms with Crippen LogP contribution in [0.5, 0.6) is 0 Å². The van der Waals surface area contributed by atoms with Gasteiger partial charge in [0.05, 0.1) is 11.4 Å². The summed E-state index contributed by atoms with van der Waals surface area (Å²) in [5, 5.41) is 7.59. The van der Waals surface area contributed by atoms with Crippen LogP contribution in [0.15, 0.2) is 0 Å². The number of piperidine rings is 1. The number of nitrogens with two attached hydrogens (primary N) is 1. The van der Waals surface area contributed by atoms with Crippen molar-refractivity contribution < 1.29 is 4.74 Å². The number of rotatable bonds is 2. The molecule has 0 aromatic heterocycles. The SMILES string of the molecule is N=C(N)C1CCN(C2CCOC3(CCSCC3)C2)CC1. The zero-order chi connectivity index (χ0) is 14.0. The molecule has 20 heavy (non-hydrogen) atoms. The second-order valence-electron chi connectivity index (χ2n) is 6.56. The van der Waals surface area contributed by atoms with Crippen molar-refractivity contribution in [3.8, 4) is 0 Å². The Bertz CT molecular complexity index is 344. The molecule has 3 N–H and O–H groups in total. The van der Waals surface area contributed by atoms with E-state index in [-0.39, 0.29) is 5.60 Å². The highest BCUT2D eigenvalue weighted by Crippen LogP contribution is 2.39. The average Bonchev–Trinajstić information content (AvgIpc) is 2.48. The van der Waals surface area contributed by atoms with Crippen molar-refractivity contribution in [2.24, 2.45) is 11.7 Å². The van der Waals surface area contributed by atoms with Crippen LogP contribution in [-0.2, 0) is 4.74 Å². The van der Waals surface area contributed by atoms with Gasteiger partial charge in [0.15, 0.2) is 0 Å². The van der Waals surface area contributed by atoms with E-state index in [9.17, 15) is 0 Å². The molecule has 0 saturated carbocycles. The lowest BCUT2D eigenvalue weighted by atomic mass is 9.83. The fourth-order valence-corrected chi connectivity index (χ4v) is 5.22. The molecular weight excluding hydrogens is 270 g/mol. The zero-order valence-electron chi connectivity index (χ0n) is 12.3. The molecule has 0 aromatic rings. The maximum absolute atomic E-state index is 7.59. The monoisotopic (exact) mass is 297 g/mol. The molecule has 1 atom stereocenters. The topological polar surface area (TPSA) is 62.3 Å². The summed E-state index contributed by atoms with van der Waals surface area (Å²) in [4.78, 5) is 2.64. The summed E-state index contributed by atoms with van der Waals surface area (Å²) in [7, 11) is 0. The predicted molar refractivity (Wildman–Crippen MR) is 84.5 cm³/mol. The van der Waals surface area contributed by atoms with Crippen LogP contribution in [0.4, 0.5) is 0 Å². The third kappa shape index (κ3) is 3.15. The number of nitrogens with one attached hydrogen (secondary N) is 1. The van der Waals surface area contributed by atoms with Crippen LogP contribution in [0.1, 0.15) is 38.5 Å². The molecule has 3 saturated heterocycles. The van der Waals surface area contributed by atoms with Crippen LogP contribution in [0, 0.1) is 11.3 Å².